The van der Waals surface area contributed by atoms with E-state index in [2.05, 4.69) is 26.2 Å². The van der Waals surface area contributed by atoms with E-state index in [0.29, 0.717) is 17.0 Å². The quantitative estimate of drug-likeness (QED) is 0.259. The molecule has 3 N–H and O–H groups in total. The Hall–Kier alpha value is -4.20. The van der Waals surface area contributed by atoms with Crippen LogP contribution in [0.25, 0.3) is 27.0 Å². The second-order valence-corrected chi connectivity index (χ2v) is 11.1. The summed E-state index contributed by atoms with van der Waals surface area (Å²) >= 11 is 1.43. The lowest BCUT2D eigenvalue weighted by Gasteiger charge is -2.41. The first-order valence-electron chi connectivity index (χ1n) is 12.7. The molecule has 0 aliphatic carbocycles. The number of thiazole rings is 1. The maximum absolute atomic E-state index is 13.9. The van der Waals surface area contributed by atoms with E-state index < -0.39 is 54.5 Å². The third-order valence-corrected chi connectivity index (χ3v) is 8.00. The highest BCUT2D eigenvalue weighted by molar-refractivity contribution is 7.18. The Morgan fingerprint density at radius 1 is 1.05 bits per heavy atom. The van der Waals surface area contributed by atoms with E-state index >= 15 is 0 Å². The van der Waals surface area contributed by atoms with Crippen molar-refractivity contribution in [2.24, 2.45) is 0 Å². The Kier molecular flexibility index (Phi) is 7.03. The van der Waals surface area contributed by atoms with E-state index in [1.165, 1.54) is 33.1 Å². The molecule has 0 radical (unpaired) electrons. The second-order valence-electron chi connectivity index (χ2n) is 9.82. The molecule has 5 aromatic rings. The third-order valence-electron chi connectivity index (χ3n) is 7.07. The van der Waals surface area contributed by atoms with E-state index in [1.807, 2.05) is 6.92 Å². The number of aliphatic hydroxyl groups excluding tert-OH is 3. The van der Waals surface area contributed by atoms with Gasteiger partial charge in [-0.25, -0.2) is 27.8 Å². The highest BCUT2D eigenvalue weighted by Crippen LogP contribution is 2.39. The van der Waals surface area contributed by atoms with Gasteiger partial charge in [-0.2, -0.15) is 15.5 Å². The molecule has 2 aromatic carbocycles. The van der Waals surface area contributed by atoms with Crippen molar-refractivity contribution in [1.82, 2.24) is 29.5 Å². The van der Waals surface area contributed by atoms with E-state index in [-0.39, 0.29) is 22.5 Å². The van der Waals surface area contributed by atoms with Crippen molar-refractivity contribution in [3.63, 3.8) is 0 Å². The van der Waals surface area contributed by atoms with Gasteiger partial charge in [0.1, 0.15) is 42.4 Å². The van der Waals surface area contributed by atoms with Gasteiger partial charge in [0, 0.05) is 11.8 Å². The molecule has 216 valence electrons. The fraction of sp³-hybridized carbons (Fsp3) is 0.296. The van der Waals surface area contributed by atoms with Crippen LogP contribution in [0.4, 0.5) is 13.2 Å². The van der Waals surface area contributed by atoms with Gasteiger partial charge in [0.15, 0.2) is 23.3 Å². The van der Waals surface area contributed by atoms with Crippen molar-refractivity contribution in [2.75, 3.05) is 6.61 Å². The van der Waals surface area contributed by atoms with Gasteiger partial charge in [-0.1, -0.05) is 0 Å². The molecule has 42 heavy (non-hydrogen) atoms. The van der Waals surface area contributed by atoms with Crippen molar-refractivity contribution in [1.29, 1.82) is 5.26 Å². The number of aromatic nitrogens is 6. The summed E-state index contributed by atoms with van der Waals surface area (Å²) in [5.74, 6) is -3.99. The SMILES string of the molecule is Cc1nc([C@@H]2OC(CO)[C@H](O)[C@H](n3cc(-c4cc(F)c(F)c(F)c4)cn3)C2O)n(-c2cc3sc(C)nc3cc2C#N)n1. The molecule has 1 aliphatic heterocycles. The lowest BCUT2D eigenvalue weighted by atomic mass is 9.92. The number of aryl methyl sites for hydroxylation is 2. The predicted molar refractivity (Wildman–Crippen MR) is 142 cm³/mol. The Labute approximate surface area is 239 Å². The highest BCUT2D eigenvalue weighted by atomic mass is 32.1. The van der Waals surface area contributed by atoms with E-state index in [9.17, 15) is 33.8 Å². The van der Waals surface area contributed by atoms with Gasteiger partial charge in [-0.15, -0.1) is 11.3 Å². The fourth-order valence-electron chi connectivity index (χ4n) is 5.14. The molecule has 4 heterocycles. The molecule has 0 amide bonds. The molecule has 2 unspecified atom stereocenters. The van der Waals surface area contributed by atoms with E-state index in [0.717, 1.165) is 21.8 Å². The lowest BCUT2D eigenvalue weighted by molar-refractivity contribution is -0.210. The number of rotatable bonds is 5. The first-order chi connectivity index (χ1) is 20.1. The van der Waals surface area contributed by atoms with E-state index in [1.54, 1.807) is 19.1 Å². The summed E-state index contributed by atoms with van der Waals surface area (Å²) in [6.07, 6.45) is -2.91. The van der Waals surface area contributed by atoms with Crippen LogP contribution in [0.1, 0.15) is 34.4 Å². The number of fused-ring (bicyclic) bond motifs is 1. The fourth-order valence-corrected chi connectivity index (χ4v) is 5.98. The molecule has 1 saturated heterocycles. The minimum Gasteiger partial charge on any atom is -0.394 e. The summed E-state index contributed by atoms with van der Waals surface area (Å²) in [6, 6.07) is 5.88. The average Bonchev–Trinajstić information content (AvgIpc) is 3.68. The maximum atomic E-state index is 13.9. The topological polar surface area (TPSA) is 155 Å². The van der Waals surface area contributed by atoms with Crippen molar-refractivity contribution in [3.8, 4) is 22.9 Å². The van der Waals surface area contributed by atoms with Gasteiger partial charge < -0.3 is 20.1 Å². The van der Waals surface area contributed by atoms with Gasteiger partial charge in [0.2, 0.25) is 0 Å². The van der Waals surface area contributed by atoms with Crippen LogP contribution in [-0.4, -0.2) is 69.8 Å². The van der Waals surface area contributed by atoms with E-state index in [4.69, 9.17) is 4.74 Å². The summed E-state index contributed by atoms with van der Waals surface area (Å²) in [6.45, 7) is 2.83. The molecule has 15 heteroatoms. The van der Waals surface area contributed by atoms with Crippen LogP contribution in [0.2, 0.25) is 0 Å². The van der Waals surface area contributed by atoms with Crippen LogP contribution < -0.4 is 0 Å². The number of benzene rings is 2. The van der Waals surface area contributed by atoms with Crippen molar-refractivity contribution >= 4 is 21.6 Å². The third kappa shape index (κ3) is 4.63. The van der Waals surface area contributed by atoms with Gasteiger partial charge in [-0.05, 0) is 43.7 Å². The Bertz CT molecular complexity index is 1840. The molecule has 1 aliphatic rings. The van der Waals surface area contributed by atoms with Crippen molar-refractivity contribution in [3.05, 3.63) is 76.3 Å². The monoisotopic (exact) mass is 597 g/mol. The molecule has 6 rings (SSSR count). The van der Waals surface area contributed by atoms with Crippen LogP contribution in [0.3, 0.4) is 0 Å². The molecular weight excluding hydrogens is 575 g/mol. The smallest absolute Gasteiger partial charge is 0.194 e. The number of halogens is 3. The number of hydrogen-bond donors (Lipinski definition) is 3. The summed E-state index contributed by atoms with van der Waals surface area (Å²) in [5, 5.41) is 52.0. The summed E-state index contributed by atoms with van der Waals surface area (Å²) in [5.41, 5.74) is 1.42. The normalized spacial score (nSPS) is 22.5. The van der Waals surface area contributed by atoms with Gasteiger partial charge in [0.05, 0.1) is 39.3 Å². The van der Waals surface area contributed by atoms with Gasteiger partial charge in [-0.3, -0.25) is 4.68 Å². The molecule has 0 saturated carbocycles. The Morgan fingerprint density at radius 2 is 1.79 bits per heavy atom. The molecule has 11 nitrogen and oxygen atoms in total. The lowest BCUT2D eigenvalue weighted by Crippen LogP contribution is -2.53. The standard InChI is InChI=1S/C27H22F3N7O4S/c1-11-33-27(37(35-11)19-6-21-18(5-14(19)7-31)34-12(2)42-21)26-25(40)23(24(39)20(10-38)41-26)36-9-15(8-32-36)13-3-16(28)22(30)17(29)4-13/h3-6,8-9,20,23-26,38-40H,10H2,1-2H3/t20?,23-,24-,25?,26+/m0/s1. The number of aliphatic hydroxyl groups is 3. The molecule has 0 bridgehead atoms. The molecule has 5 atom stereocenters. The summed E-state index contributed by atoms with van der Waals surface area (Å²) < 4.78 is 50.5. The Morgan fingerprint density at radius 3 is 2.48 bits per heavy atom. The zero-order valence-electron chi connectivity index (χ0n) is 22.0. The van der Waals surface area contributed by atoms with Crippen LogP contribution in [0.15, 0.2) is 36.7 Å². The minimum absolute atomic E-state index is 0.0166. The van der Waals surface area contributed by atoms with Crippen LogP contribution in [0.5, 0.6) is 0 Å². The first-order valence-corrected chi connectivity index (χ1v) is 13.5. The van der Waals surface area contributed by atoms with Gasteiger partial charge >= 0.3 is 0 Å². The maximum Gasteiger partial charge on any atom is 0.194 e. The average molecular weight is 598 g/mol. The zero-order chi connectivity index (χ0) is 29.9. The zero-order valence-corrected chi connectivity index (χ0v) is 22.8. The van der Waals surface area contributed by atoms with Crippen molar-refractivity contribution in [2.45, 2.75) is 44.3 Å². The molecule has 3 aromatic heterocycles. The number of hydrogen-bond acceptors (Lipinski definition) is 10. The Balaban J connectivity index is 1.42. The largest absolute Gasteiger partial charge is 0.394 e. The number of nitrogens with zero attached hydrogens (tertiary/aromatic N) is 7. The summed E-state index contributed by atoms with van der Waals surface area (Å²) in [7, 11) is 0. The van der Waals surface area contributed by atoms with Crippen molar-refractivity contribution < 1.29 is 33.2 Å². The van der Waals surface area contributed by atoms with Crippen LogP contribution in [0, 0.1) is 42.6 Å². The predicted octanol–water partition coefficient (Wildman–Crippen LogP) is 3.04. The second kappa shape index (κ2) is 10.6. The van der Waals surface area contributed by atoms with Crippen LogP contribution >= 0.6 is 11.3 Å². The summed E-state index contributed by atoms with van der Waals surface area (Å²) in [4.78, 5) is 8.89. The molecular formula is C27H22F3N7O4S. The first kappa shape index (κ1) is 27.9. The molecule has 0 spiro atoms. The van der Waals surface area contributed by atoms with Crippen LogP contribution in [-0.2, 0) is 4.74 Å². The minimum atomic E-state index is -1.61. The number of ether oxygens (including phenoxy) is 1. The molecule has 1 fully saturated rings. The number of nitriles is 1. The van der Waals surface area contributed by atoms with Gasteiger partial charge in [0.25, 0.3) is 0 Å². The highest BCUT2D eigenvalue weighted by Gasteiger charge is 2.48.